The fraction of sp³-hybridized carbons (Fsp3) is 0.217. The Balaban J connectivity index is 1.55. The third kappa shape index (κ3) is 3.74. The van der Waals surface area contributed by atoms with Crippen molar-refractivity contribution in [3.8, 4) is 5.75 Å². The van der Waals surface area contributed by atoms with E-state index in [0.29, 0.717) is 29.8 Å². The maximum absolute atomic E-state index is 12.9. The number of fused-ring (bicyclic) bond motifs is 1. The molecule has 0 radical (unpaired) electrons. The van der Waals surface area contributed by atoms with Crippen LogP contribution in [0.1, 0.15) is 24.0 Å². The number of ether oxygens (including phenoxy) is 1. The first-order valence-corrected chi connectivity index (χ1v) is 9.47. The number of rotatable bonds is 5. The van der Waals surface area contributed by atoms with Crippen LogP contribution >= 0.6 is 0 Å². The second-order valence-corrected chi connectivity index (χ2v) is 7.05. The summed E-state index contributed by atoms with van der Waals surface area (Å²) < 4.78 is 5.39. The third-order valence-corrected chi connectivity index (χ3v) is 5.05. The molecule has 2 aromatic carbocycles. The van der Waals surface area contributed by atoms with E-state index in [4.69, 9.17) is 4.74 Å². The molecule has 0 bridgehead atoms. The molecule has 2 aliphatic rings. The average molecular weight is 387 g/mol. The van der Waals surface area contributed by atoms with Crippen molar-refractivity contribution in [3.63, 3.8) is 0 Å². The number of aryl methyl sites for hydroxylation is 2. The van der Waals surface area contributed by atoms with Gasteiger partial charge < -0.3 is 4.74 Å². The van der Waals surface area contributed by atoms with E-state index in [1.165, 1.54) is 6.20 Å². The largest absolute Gasteiger partial charge is 0.496 e. The van der Waals surface area contributed by atoms with Crippen molar-refractivity contribution < 1.29 is 14.3 Å². The molecule has 0 saturated carbocycles. The molecule has 2 aromatic rings. The summed E-state index contributed by atoms with van der Waals surface area (Å²) >= 11 is 0. The highest BCUT2D eigenvalue weighted by Crippen LogP contribution is 2.27. The lowest BCUT2D eigenvalue weighted by Crippen LogP contribution is -2.43. The quantitative estimate of drug-likeness (QED) is 0.769. The van der Waals surface area contributed by atoms with Gasteiger partial charge in [0, 0.05) is 18.3 Å². The van der Waals surface area contributed by atoms with E-state index in [1.807, 2.05) is 43.3 Å². The van der Waals surface area contributed by atoms with E-state index in [1.54, 1.807) is 19.2 Å². The maximum atomic E-state index is 12.9. The highest BCUT2D eigenvalue weighted by molar-refractivity contribution is 6.40. The molecule has 0 aliphatic carbocycles. The number of nitrogens with zero attached hydrogens (tertiary/aromatic N) is 3. The molecule has 6 nitrogen and oxygen atoms in total. The van der Waals surface area contributed by atoms with Gasteiger partial charge in [0.1, 0.15) is 5.75 Å². The number of imide groups is 1. The first-order valence-electron chi connectivity index (χ1n) is 9.47. The Kier molecular flexibility index (Phi) is 5.08. The number of hydrogen-bond acceptors (Lipinski definition) is 4. The minimum Gasteiger partial charge on any atom is -0.496 e. The molecule has 0 spiro atoms. The molecule has 0 N–H and O–H groups in total. The summed E-state index contributed by atoms with van der Waals surface area (Å²) in [6, 6.07) is 14.6. The number of benzene rings is 2. The summed E-state index contributed by atoms with van der Waals surface area (Å²) in [5.41, 5.74) is 4.35. The van der Waals surface area contributed by atoms with E-state index in [0.717, 1.165) is 33.9 Å². The van der Waals surface area contributed by atoms with Gasteiger partial charge in [0.25, 0.3) is 5.91 Å². The Morgan fingerprint density at radius 3 is 2.69 bits per heavy atom. The topological polar surface area (TPSA) is 71.3 Å². The lowest BCUT2D eigenvalue weighted by atomic mass is 9.96. The van der Waals surface area contributed by atoms with Crippen molar-refractivity contribution in [2.75, 3.05) is 12.0 Å². The summed E-state index contributed by atoms with van der Waals surface area (Å²) in [5, 5.41) is 0. The molecule has 6 heteroatoms. The summed E-state index contributed by atoms with van der Waals surface area (Å²) in [4.78, 5) is 35.3. The number of hydrogen-bond donors (Lipinski definition) is 0. The predicted molar refractivity (Wildman–Crippen MR) is 113 cm³/mol. The van der Waals surface area contributed by atoms with Crippen LogP contribution in [0.3, 0.4) is 0 Å². The standard InChI is InChI=1S/C23H21N3O3/c1-15-6-5-8-18(12-15)26-22(27)19-14-24-17(13-20(19)25-23(26)28)11-10-16-7-3-4-9-21(16)29-2/h3-9,12,14H,10-11,13H2,1-2H3. The molecule has 2 aliphatic heterocycles. The Hall–Kier alpha value is -3.54. The SMILES string of the molecule is COc1ccccc1CCC1=NC=C2C(=O)N(c3cccc(C)c3)C(=O)N=C2C1. The second-order valence-electron chi connectivity index (χ2n) is 7.05. The van der Waals surface area contributed by atoms with Crippen LogP contribution in [-0.2, 0) is 11.2 Å². The van der Waals surface area contributed by atoms with Crippen LogP contribution in [0.4, 0.5) is 10.5 Å². The van der Waals surface area contributed by atoms with Gasteiger partial charge in [-0.25, -0.2) is 9.69 Å². The van der Waals surface area contributed by atoms with Crippen LogP contribution in [0.15, 0.2) is 70.3 Å². The van der Waals surface area contributed by atoms with E-state index >= 15 is 0 Å². The van der Waals surface area contributed by atoms with Gasteiger partial charge in [-0.15, -0.1) is 0 Å². The zero-order valence-corrected chi connectivity index (χ0v) is 16.4. The van der Waals surface area contributed by atoms with Gasteiger partial charge in [0.05, 0.1) is 24.1 Å². The van der Waals surface area contributed by atoms with Crippen LogP contribution < -0.4 is 9.64 Å². The predicted octanol–water partition coefficient (Wildman–Crippen LogP) is 4.27. The number of carbonyl (C=O) groups is 2. The summed E-state index contributed by atoms with van der Waals surface area (Å²) in [6.45, 7) is 1.91. The van der Waals surface area contributed by atoms with Gasteiger partial charge in [0.2, 0.25) is 0 Å². The van der Waals surface area contributed by atoms with Gasteiger partial charge in [-0.2, -0.15) is 4.99 Å². The van der Waals surface area contributed by atoms with Crippen LogP contribution in [0.5, 0.6) is 5.75 Å². The number of para-hydroxylation sites is 1. The van der Waals surface area contributed by atoms with Crippen molar-refractivity contribution in [2.45, 2.75) is 26.2 Å². The molecule has 146 valence electrons. The lowest BCUT2D eigenvalue weighted by molar-refractivity contribution is -0.114. The zero-order valence-electron chi connectivity index (χ0n) is 16.4. The van der Waals surface area contributed by atoms with Crippen LogP contribution in [0.2, 0.25) is 0 Å². The number of methoxy groups -OCH3 is 1. The normalized spacial score (nSPS) is 16.1. The van der Waals surface area contributed by atoms with E-state index in [-0.39, 0.29) is 5.91 Å². The van der Waals surface area contributed by atoms with Gasteiger partial charge in [-0.1, -0.05) is 30.3 Å². The first-order chi connectivity index (χ1) is 14.1. The Bertz CT molecular complexity index is 1080. The van der Waals surface area contributed by atoms with Gasteiger partial charge >= 0.3 is 6.03 Å². The molecule has 4 rings (SSSR count). The molecule has 2 heterocycles. The molecule has 0 unspecified atom stereocenters. The van der Waals surface area contributed by atoms with E-state index < -0.39 is 6.03 Å². The van der Waals surface area contributed by atoms with Crippen molar-refractivity contribution in [3.05, 3.63) is 71.4 Å². The molecule has 0 fully saturated rings. The van der Waals surface area contributed by atoms with Crippen molar-refractivity contribution in [1.82, 2.24) is 0 Å². The zero-order chi connectivity index (χ0) is 20.4. The van der Waals surface area contributed by atoms with Crippen LogP contribution in [0.25, 0.3) is 0 Å². The number of amides is 3. The first kappa shape index (κ1) is 18.8. The minimum atomic E-state index is -0.557. The smallest absolute Gasteiger partial charge is 0.355 e. The Morgan fingerprint density at radius 2 is 1.90 bits per heavy atom. The highest BCUT2D eigenvalue weighted by atomic mass is 16.5. The van der Waals surface area contributed by atoms with Crippen molar-refractivity contribution in [1.29, 1.82) is 0 Å². The monoisotopic (exact) mass is 387 g/mol. The van der Waals surface area contributed by atoms with E-state index in [2.05, 4.69) is 9.98 Å². The minimum absolute atomic E-state index is 0.377. The third-order valence-electron chi connectivity index (χ3n) is 5.05. The number of urea groups is 1. The number of carbonyl (C=O) groups excluding carboxylic acids is 2. The average Bonchev–Trinajstić information content (AvgIpc) is 2.72. The molecule has 0 atom stereocenters. The van der Waals surface area contributed by atoms with E-state index in [9.17, 15) is 9.59 Å². The Labute approximate surface area is 169 Å². The van der Waals surface area contributed by atoms with Crippen molar-refractivity contribution >= 4 is 29.0 Å². The van der Waals surface area contributed by atoms with Crippen LogP contribution in [-0.4, -0.2) is 30.5 Å². The van der Waals surface area contributed by atoms with Gasteiger partial charge in [-0.3, -0.25) is 9.79 Å². The number of anilines is 1. The summed E-state index contributed by atoms with van der Waals surface area (Å²) in [7, 11) is 1.65. The summed E-state index contributed by atoms with van der Waals surface area (Å²) in [6.07, 6.45) is 3.40. The maximum Gasteiger partial charge on any atom is 0.355 e. The van der Waals surface area contributed by atoms with Gasteiger partial charge in [0.15, 0.2) is 0 Å². The Morgan fingerprint density at radius 1 is 1.07 bits per heavy atom. The molecule has 3 amide bonds. The van der Waals surface area contributed by atoms with Crippen molar-refractivity contribution in [2.24, 2.45) is 9.98 Å². The molecular formula is C23H21N3O3. The van der Waals surface area contributed by atoms with Gasteiger partial charge in [-0.05, 0) is 49.1 Å². The molecule has 0 saturated heterocycles. The van der Waals surface area contributed by atoms with Crippen LogP contribution in [0, 0.1) is 6.92 Å². The fourth-order valence-corrected chi connectivity index (χ4v) is 3.55. The highest BCUT2D eigenvalue weighted by Gasteiger charge is 2.35. The fourth-order valence-electron chi connectivity index (χ4n) is 3.55. The summed E-state index contributed by atoms with van der Waals surface area (Å²) in [5.74, 6) is 0.465. The second kappa shape index (κ2) is 7.83. The molecular weight excluding hydrogens is 366 g/mol. The number of aliphatic imine (C=N–C) groups is 2. The molecule has 0 aromatic heterocycles. The lowest BCUT2D eigenvalue weighted by Gasteiger charge is -2.27. The molecule has 29 heavy (non-hydrogen) atoms.